The zero-order chi connectivity index (χ0) is 19.7. The van der Waals surface area contributed by atoms with Gasteiger partial charge in [-0.15, -0.1) is 0 Å². The van der Waals surface area contributed by atoms with Crippen molar-refractivity contribution in [3.63, 3.8) is 0 Å². The summed E-state index contributed by atoms with van der Waals surface area (Å²) < 4.78 is 80.4. The largest absolute Gasteiger partial charge is 0.476 e. The molecule has 0 spiro atoms. The molecule has 0 saturated heterocycles. The Labute approximate surface area is 146 Å². The van der Waals surface area contributed by atoms with E-state index in [0.29, 0.717) is 0 Å². The molecule has 0 aliphatic rings. The number of nitrogens with zero attached hydrogens (tertiary/aromatic N) is 2. The Morgan fingerprint density at radius 3 is 2.12 bits per heavy atom. The van der Waals surface area contributed by atoms with Crippen LogP contribution < -0.4 is 4.74 Å². The molecule has 12 heteroatoms. The van der Waals surface area contributed by atoms with E-state index < -0.39 is 47.9 Å². The Hall–Kier alpha value is -2.56. The minimum absolute atomic E-state index is 0.0321. The molecule has 26 heavy (non-hydrogen) atoms. The van der Waals surface area contributed by atoms with E-state index in [4.69, 9.17) is 16.7 Å². The lowest BCUT2D eigenvalue weighted by atomic mass is 10.1. The summed E-state index contributed by atoms with van der Waals surface area (Å²) in [4.78, 5) is 17.4. The third-order valence-corrected chi connectivity index (χ3v) is 3.08. The van der Waals surface area contributed by atoms with Crippen molar-refractivity contribution in [2.75, 3.05) is 6.61 Å². The summed E-state index contributed by atoms with van der Waals surface area (Å²) in [6.45, 7) is -1.94. The van der Waals surface area contributed by atoms with Crippen molar-refractivity contribution in [2.24, 2.45) is 0 Å². The Kier molecular flexibility index (Phi) is 5.31. The second-order valence-electron chi connectivity index (χ2n) is 4.79. The zero-order valence-corrected chi connectivity index (χ0v) is 13.1. The molecule has 0 unspecified atom stereocenters. The van der Waals surface area contributed by atoms with Crippen LogP contribution in [-0.2, 0) is 6.18 Å². The lowest BCUT2D eigenvalue weighted by Gasteiger charge is -2.16. The van der Waals surface area contributed by atoms with Crippen LogP contribution in [0.25, 0.3) is 11.3 Å². The molecule has 0 amide bonds. The molecule has 0 bridgehead atoms. The van der Waals surface area contributed by atoms with E-state index >= 15 is 0 Å². The van der Waals surface area contributed by atoms with Gasteiger partial charge in [-0.05, 0) is 12.1 Å². The summed E-state index contributed by atoms with van der Waals surface area (Å²) in [6.07, 6.45) is -10.1. The number of ether oxygens (including phenoxy) is 1. The molecule has 2 rings (SSSR count). The summed E-state index contributed by atoms with van der Waals surface area (Å²) in [5, 5.41) is 9.18. The van der Waals surface area contributed by atoms with Crippen LogP contribution in [0.5, 0.6) is 5.88 Å². The van der Waals surface area contributed by atoms with Crippen LogP contribution in [0.1, 0.15) is 16.2 Å². The molecule has 0 atom stereocenters. The van der Waals surface area contributed by atoms with Gasteiger partial charge in [0.25, 0.3) is 0 Å². The third-order valence-electron chi connectivity index (χ3n) is 2.83. The van der Waals surface area contributed by atoms with Crippen molar-refractivity contribution in [1.82, 2.24) is 9.97 Å². The average molecular weight is 401 g/mol. The molecule has 1 aromatic carbocycles. The first-order chi connectivity index (χ1) is 11.9. The van der Waals surface area contributed by atoms with E-state index in [1.165, 1.54) is 24.3 Å². The summed E-state index contributed by atoms with van der Waals surface area (Å²) in [5.41, 5.74) is -4.08. The topological polar surface area (TPSA) is 72.3 Å². The standard InChI is InChI=1S/C14H7ClF6N2O3/c15-7-3-1-6(2-4-7)8-11(26-5-13(16,17)18)23-10(14(19,20)21)9(22-8)12(24)25/h1-4H,5H2,(H,24,25). The van der Waals surface area contributed by atoms with Gasteiger partial charge >= 0.3 is 18.3 Å². The lowest BCUT2D eigenvalue weighted by molar-refractivity contribution is -0.154. The van der Waals surface area contributed by atoms with E-state index in [-0.39, 0.29) is 10.6 Å². The number of carbonyl (C=O) groups is 1. The number of hydrogen-bond donors (Lipinski definition) is 1. The van der Waals surface area contributed by atoms with Crippen molar-refractivity contribution < 1.29 is 41.0 Å². The molecular weight excluding hydrogens is 394 g/mol. The molecule has 0 aliphatic carbocycles. The fraction of sp³-hybridized carbons (Fsp3) is 0.214. The van der Waals surface area contributed by atoms with Gasteiger partial charge in [-0.1, -0.05) is 23.7 Å². The Morgan fingerprint density at radius 2 is 1.65 bits per heavy atom. The van der Waals surface area contributed by atoms with Gasteiger partial charge < -0.3 is 9.84 Å². The first-order valence-electron chi connectivity index (χ1n) is 6.56. The number of aromatic carboxylic acids is 1. The minimum atomic E-state index is -5.27. The number of aromatic nitrogens is 2. The molecular formula is C14H7ClF6N2O3. The van der Waals surface area contributed by atoms with Crippen LogP contribution in [0.2, 0.25) is 5.02 Å². The fourth-order valence-electron chi connectivity index (χ4n) is 1.81. The maximum absolute atomic E-state index is 13.0. The summed E-state index contributed by atoms with van der Waals surface area (Å²) in [7, 11) is 0. The Morgan fingerprint density at radius 1 is 1.08 bits per heavy atom. The number of halogens is 7. The molecule has 140 valence electrons. The van der Waals surface area contributed by atoms with E-state index in [1.54, 1.807) is 0 Å². The highest BCUT2D eigenvalue weighted by Gasteiger charge is 2.40. The molecule has 2 aromatic rings. The maximum atomic E-state index is 13.0. The average Bonchev–Trinajstić information content (AvgIpc) is 2.51. The SMILES string of the molecule is O=C(O)c1nc(-c2ccc(Cl)cc2)c(OCC(F)(F)F)nc1C(F)(F)F. The van der Waals surface area contributed by atoms with Crippen LogP contribution >= 0.6 is 11.6 Å². The predicted molar refractivity (Wildman–Crippen MR) is 76.0 cm³/mol. The van der Waals surface area contributed by atoms with Crippen LogP contribution in [0, 0.1) is 0 Å². The molecule has 0 saturated carbocycles. The number of benzene rings is 1. The highest BCUT2D eigenvalue weighted by molar-refractivity contribution is 6.30. The Balaban J connectivity index is 2.67. The van der Waals surface area contributed by atoms with Gasteiger partial charge in [-0.25, -0.2) is 14.8 Å². The lowest BCUT2D eigenvalue weighted by Crippen LogP contribution is -2.23. The number of alkyl halides is 6. The van der Waals surface area contributed by atoms with Crippen LogP contribution in [0.3, 0.4) is 0 Å². The first kappa shape index (κ1) is 19.8. The zero-order valence-electron chi connectivity index (χ0n) is 12.3. The van der Waals surface area contributed by atoms with Crippen molar-refractivity contribution >= 4 is 17.6 Å². The monoisotopic (exact) mass is 400 g/mol. The van der Waals surface area contributed by atoms with Crippen LogP contribution in [0.4, 0.5) is 26.3 Å². The second kappa shape index (κ2) is 6.98. The van der Waals surface area contributed by atoms with Crippen molar-refractivity contribution in [2.45, 2.75) is 12.4 Å². The smallest absolute Gasteiger partial charge is 0.435 e. The van der Waals surface area contributed by atoms with Gasteiger partial charge in [0.05, 0.1) is 0 Å². The van der Waals surface area contributed by atoms with Gasteiger partial charge in [0.1, 0.15) is 5.69 Å². The van der Waals surface area contributed by atoms with Crippen LogP contribution in [-0.4, -0.2) is 33.8 Å². The highest BCUT2D eigenvalue weighted by Crippen LogP contribution is 2.36. The quantitative estimate of drug-likeness (QED) is 0.767. The molecule has 0 aliphatic heterocycles. The van der Waals surface area contributed by atoms with Gasteiger partial charge in [0.15, 0.2) is 18.0 Å². The molecule has 0 fully saturated rings. The van der Waals surface area contributed by atoms with Crippen molar-refractivity contribution in [1.29, 1.82) is 0 Å². The molecule has 1 N–H and O–H groups in total. The van der Waals surface area contributed by atoms with Gasteiger partial charge in [0, 0.05) is 10.6 Å². The minimum Gasteiger partial charge on any atom is -0.476 e. The van der Waals surface area contributed by atoms with Crippen LogP contribution in [0.15, 0.2) is 24.3 Å². The number of rotatable bonds is 4. The van der Waals surface area contributed by atoms with Crippen molar-refractivity contribution in [3.05, 3.63) is 40.7 Å². The van der Waals surface area contributed by atoms with E-state index in [0.717, 1.165) is 0 Å². The third kappa shape index (κ3) is 4.75. The molecule has 5 nitrogen and oxygen atoms in total. The highest BCUT2D eigenvalue weighted by atomic mass is 35.5. The first-order valence-corrected chi connectivity index (χ1v) is 6.94. The fourth-order valence-corrected chi connectivity index (χ4v) is 1.94. The molecule has 0 radical (unpaired) electrons. The molecule has 1 heterocycles. The summed E-state index contributed by atoms with van der Waals surface area (Å²) in [5.74, 6) is -3.16. The Bertz CT molecular complexity index is 821. The summed E-state index contributed by atoms with van der Waals surface area (Å²) >= 11 is 5.67. The van der Waals surface area contributed by atoms with E-state index in [1.807, 2.05) is 0 Å². The predicted octanol–water partition coefficient (Wildman–Crippen LogP) is 4.46. The van der Waals surface area contributed by atoms with Gasteiger partial charge in [-0.3, -0.25) is 0 Å². The maximum Gasteiger partial charge on any atom is 0.435 e. The van der Waals surface area contributed by atoms with Gasteiger partial charge in [-0.2, -0.15) is 26.3 Å². The summed E-state index contributed by atoms with van der Waals surface area (Å²) in [6, 6.07) is 4.99. The number of hydrogen-bond acceptors (Lipinski definition) is 4. The van der Waals surface area contributed by atoms with E-state index in [9.17, 15) is 31.1 Å². The van der Waals surface area contributed by atoms with Gasteiger partial charge in [0.2, 0.25) is 5.88 Å². The normalized spacial score (nSPS) is 12.1. The number of carboxylic acid groups (broad SMARTS) is 1. The van der Waals surface area contributed by atoms with Crippen molar-refractivity contribution in [3.8, 4) is 17.1 Å². The molecule has 1 aromatic heterocycles. The number of carboxylic acids is 1. The second-order valence-corrected chi connectivity index (χ2v) is 5.22. The van der Waals surface area contributed by atoms with E-state index in [2.05, 4.69) is 14.7 Å².